The van der Waals surface area contributed by atoms with E-state index in [0.29, 0.717) is 6.54 Å². The Kier molecular flexibility index (Phi) is 4.66. The van der Waals surface area contributed by atoms with Crippen molar-refractivity contribution in [3.05, 3.63) is 34.3 Å². The SMILES string of the molecule is Cc1cc(Cl)ccc1CNCC1(O)CCCCC1. The van der Waals surface area contributed by atoms with Crippen molar-refractivity contribution in [2.45, 2.75) is 51.2 Å². The lowest BCUT2D eigenvalue weighted by Crippen LogP contribution is -2.41. The molecule has 0 heterocycles. The van der Waals surface area contributed by atoms with Gasteiger partial charge in [-0.05, 0) is 43.0 Å². The highest BCUT2D eigenvalue weighted by Gasteiger charge is 2.28. The molecule has 1 aliphatic carbocycles. The van der Waals surface area contributed by atoms with Crippen LogP contribution in [0.4, 0.5) is 0 Å². The van der Waals surface area contributed by atoms with Crippen molar-refractivity contribution in [1.82, 2.24) is 5.32 Å². The van der Waals surface area contributed by atoms with Crippen LogP contribution in [0.25, 0.3) is 0 Å². The maximum absolute atomic E-state index is 10.4. The molecule has 2 rings (SSSR count). The van der Waals surface area contributed by atoms with Crippen LogP contribution in [0.2, 0.25) is 5.02 Å². The lowest BCUT2D eigenvalue weighted by atomic mass is 9.85. The van der Waals surface area contributed by atoms with Crippen molar-refractivity contribution in [2.24, 2.45) is 0 Å². The maximum atomic E-state index is 10.4. The highest BCUT2D eigenvalue weighted by Crippen LogP contribution is 2.27. The van der Waals surface area contributed by atoms with E-state index in [2.05, 4.69) is 18.3 Å². The van der Waals surface area contributed by atoms with Crippen LogP contribution in [0.3, 0.4) is 0 Å². The van der Waals surface area contributed by atoms with Crippen molar-refractivity contribution in [3.8, 4) is 0 Å². The molecule has 0 radical (unpaired) electrons. The summed E-state index contributed by atoms with van der Waals surface area (Å²) >= 11 is 5.93. The first-order chi connectivity index (χ1) is 8.59. The second kappa shape index (κ2) is 6.05. The Morgan fingerprint density at radius 3 is 2.67 bits per heavy atom. The van der Waals surface area contributed by atoms with Crippen molar-refractivity contribution in [3.63, 3.8) is 0 Å². The molecule has 1 aliphatic rings. The van der Waals surface area contributed by atoms with E-state index in [-0.39, 0.29) is 0 Å². The predicted molar refractivity (Wildman–Crippen MR) is 75.9 cm³/mol. The van der Waals surface area contributed by atoms with Crippen LogP contribution >= 0.6 is 11.6 Å². The summed E-state index contributed by atoms with van der Waals surface area (Å²) in [6, 6.07) is 5.95. The summed E-state index contributed by atoms with van der Waals surface area (Å²) in [4.78, 5) is 0. The fourth-order valence-electron chi connectivity index (χ4n) is 2.67. The van der Waals surface area contributed by atoms with E-state index in [0.717, 1.165) is 37.3 Å². The molecule has 2 nitrogen and oxygen atoms in total. The number of benzene rings is 1. The molecule has 0 atom stereocenters. The second-order valence-corrected chi connectivity index (χ2v) is 5.90. The van der Waals surface area contributed by atoms with E-state index in [1.54, 1.807) is 0 Å². The molecule has 1 saturated carbocycles. The van der Waals surface area contributed by atoms with Crippen LogP contribution in [-0.4, -0.2) is 17.3 Å². The van der Waals surface area contributed by atoms with Crippen molar-refractivity contribution in [2.75, 3.05) is 6.54 Å². The second-order valence-electron chi connectivity index (χ2n) is 5.46. The van der Waals surface area contributed by atoms with E-state index in [9.17, 15) is 5.11 Å². The lowest BCUT2D eigenvalue weighted by Gasteiger charge is -2.32. The lowest BCUT2D eigenvalue weighted by molar-refractivity contribution is 0.00466. The molecule has 0 unspecified atom stereocenters. The number of halogens is 1. The minimum absolute atomic E-state index is 0.488. The molecule has 0 aliphatic heterocycles. The van der Waals surface area contributed by atoms with E-state index in [1.807, 2.05) is 12.1 Å². The van der Waals surface area contributed by atoms with Crippen LogP contribution in [0.1, 0.15) is 43.2 Å². The van der Waals surface area contributed by atoms with E-state index in [4.69, 9.17) is 11.6 Å². The van der Waals surface area contributed by atoms with Gasteiger partial charge < -0.3 is 10.4 Å². The molecule has 0 bridgehead atoms. The fourth-order valence-corrected chi connectivity index (χ4v) is 2.90. The molecule has 2 N–H and O–H groups in total. The first kappa shape index (κ1) is 13.9. The zero-order valence-electron chi connectivity index (χ0n) is 11.0. The molecule has 0 saturated heterocycles. The molecule has 1 fully saturated rings. The third kappa shape index (κ3) is 3.71. The first-order valence-corrected chi connectivity index (χ1v) is 7.15. The highest BCUT2D eigenvalue weighted by atomic mass is 35.5. The van der Waals surface area contributed by atoms with Gasteiger partial charge in [-0.3, -0.25) is 0 Å². The molecule has 18 heavy (non-hydrogen) atoms. The molecule has 0 amide bonds. The van der Waals surface area contributed by atoms with Gasteiger partial charge in [0.2, 0.25) is 0 Å². The Morgan fingerprint density at radius 1 is 1.28 bits per heavy atom. The van der Waals surface area contributed by atoms with Crippen LogP contribution in [0.5, 0.6) is 0 Å². The molecule has 0 aromatic heterocycles. The Bertz CT molecular complexity index is 399. The average Bonchev–Trinajstić information content (AvgIpc) is 2.33. The van der Waals surface area contributed by atoms with Gasteiger partial charge in [0, 0.05) is 18.1 Å². The van der Waals surface area contributed by atoms with Gasteiger partial charge in [-0.15, -0.1) is 0 Å². The number of nitrogens with one attached hydrogen (secondary N) is 1. The van der Waals surface area contributed by atoms with Gasteiger partial charge in [0.15, 0.2) is 0 Å². The van der Waals surface area contributed by atoms with Gasteiger partial charge in [0.05, 0.1) is 5.60 Å². The van der Waals surface area contributed by atoms with Gasteiger partial charge in [-0.1, -0.05) is 36.9 Å². The summed E-state index contributed by atoms with van der Waals surface area (Å²) in [5.74, 6) is 0. The summed E-state index contributed by atoms with van der Waals surface area (Å²) in [6.07, 6.45) is 5.42. The zero-order chi connectivity index (χ0) is 13.0. The number of aryl methyl sites for hydroxylation is 1. The third-order valence-electron chi connectivity index (χ3n) is 3.86. The standard InChI is InChI=1S/C15H22ClNO/c1-12-9-14(16)6-5-13(12)10-17-11-15(18)7-3-2-4-8-15/h5-6,9,17-18H,2-4,7-8,10-11H2,1H3. The summed E-state index contributed by atoms with van der Waals surface area (Å²) in [5, 5.41) is 14.5. The van der Waals surface area contributed by atoms with Gasteiger partial charge in [0.25, 0.3) is 0 Å². The molecule has 1 aromatic carbocycles. The van der Waals surface area contributed by atoms with Crippen LogP contribution in [-0.2, 0) is 6.54 Å². The topological polar surface area (TPSA) is 32.3 Å². The van der Waals surface area contributed by atoms with Crippen LogP contribution in [0, 0.1) is 6.92 Å². The minimum Gasteiger partial charge on any atom is -0.389 e. The number of hydrogen-bond donors (Lipinski definition) is 2. The van der Waals surface area contributed by atoms with Gasteiger partial charge >= 0.3 is 0 Å². The monoisotopic (exact) mass is 267 g/mol. The van der Waals surface area contributed by atoms with Gasteiger partial charge in [0.1, 0.15) is 0 Å². The fraction of sp³-hybridized carbons (Fsp3) is 0.600. The molecule has 3 heteroatoms. The number of aliphatic hydroxyl groups is 1. The predicted octanol–water partition coefficient (Wildman–Crippen LogP) is 3.43. The van der Waals surface area contributed by atoms with Crippen LogP contribution < -0.4 is 5.32 Å². The Labute approximate surface area is 114 Å². The molecule has 0 spiro atoms. The van der Waals surface area contributed by atoms with E-state index in [1.165, 1.54) is 17.5 Å². The summed E-state index contributed by atoms with van der Waals surface area (Å²) < 4.78 is 0. The highest BCUT2D eigenvalue weighted by molar-refractivity contribution is 6.30. The van der Waals surface area contributed by atoms with E-state index < -0.39 is 5.60 Å². The Hall–Kier alpha value is -0.570. The zero-order valence-corrected chi connectivity index (χ0v) is 11.8. The number of rotatable bonds is 4. The Balaban J connectivity index is 1.84. The molecular formula is C15H22ClNO. The van der Waals surface area contributed by atoms with Crippen molar-refractivity contribution in [1.29, 1.82) is 0 Å². The number of hydrogen-bond acceptors (Lipinski definition) is 2. The van der Waals surface area contributed by atoms with Crippen molar-refractivity contribution < 1.29 is 5.11 Å². The van der Waals surface area contributed by atoms with E-state index >= 15 is 0 Å². The van der Waals surface area contributed by atoms with Gasteiger partial charge in [-0.25, -0.2) is 0 Å². The molecule has 1 aromatic rings. The average molecular weight is 268 g/mol. The summed E-state index contributed by atoms with van der Waals surface area (Å²) in [6.45, 7) is 3.55. The van der Waals surface area contributed by atoms with Crippen molar-refractivity contribution >= 4 is 11.6 Å². The summed E-state index contributed by atoms with van der Waals surface area (Å²) in [7, 11) is 0. The maximum Gasteiger partial charge on any atom is 0.0771 e. The molecule has 100 valence electrons. The third-order valence-corrected chi connectivity index (χ3v) is 4.09. The minimum atomic E-state index is -0.488. The largest absolute Gasteiger partial charge is 0.389 e. The quantitative estimate of drug-likeness (QED) is 0.876. The Morgan fingerprint density at radius 2 is 2.00 bits per heavy atom. The van der Waals surface area contributed by atoms with Crippen LogP contribution in [0.15, 0.2) is 18.2 Å². The van der Waals surface area contributed by atoms with Gasteiger partial charge in [-0.2, -0.15) is 0 Å². The first-order valence-electron chi connectivity index (χ1n) is 6.77. The summed E-state index contributed by atoms with van der Waals surface area (Å²) in [5.41, 5.74) is 1.96. The smallest absolute Gasteiger partial charge is 0.0771 e. The normalized spacial score (nSPS) is 18.8. The molecular weight excluding hydrogens is 246 g/mol.